The SMILES string of the molecule is Cc1ccc2c(c1)nc(NCc1cccs1)c1ncc(-c3ccc(C(=O)NC4CC4)c(Cl)c3)n12. The number of thiophene rings is 1. The quantitative estimate of drug-likeness (QED) is 0.304. The van der Waals surface area contributed by atoms with Crippen molar-refractivity contribution in [2.75, 3.05) is 5.32 Å². The Morgan fingerprint density at radius 1 is 1.21 bits per heavy atom. The highest BCUT2D eigenvalue weighted by atomic mass is 35.5. The number of imidazole rings is 1. The van der Waals surface area contributed by atoms with Crippen LogP contribution in [0, 0.1) is 6.92 Å². The molecule has 0 atom stereocenters. The molecule has 34 heavy (non-hydrogen) atoms. The second-order valence-electron chi connectivity index (χ2n) is 8.63. The third-order valence-electron chi connectivity index (χ3n) is 6.01. The van der Waals surface area contributed by atoms with E-state index in [1.54, 1.807) is 17.4 Å². The van der Waals surface area contributed by atoms with Gasteiger partial charge in [0.1, 0.15) is 0 Å². The molecule has 8 heteroatoms. The first-order valence-corrected chi connectivity index (χ1v) is 12.5. The molecule has 2 aromatic carbocycles. The summed E-state index contributed by atoms with van der Waals surface area (Å²) in [6.07, 6.45) is 3.90. The van der Waals surface area contributed by atoms with Gasteiger partial charge >= 0.3 is 0 Å². The van der Waals surface area contributed by atoms with Crippen LogP contribution in [0.3, 0.4) is 0 Å². The maximum atomic E-state index is 12.5. The number of rotatable bonds is 6. The van der Waals surface area contributed by atoms with E-state index in [1.807, 2.05) is 24.4 Å². The molecule has 170 valence electrons. The van der Waals surface area contributed by atoms with Crippen LogP contribution >= 0.6 is 22.9 Å². The third kappa shape index (κ3) is 3.91. The first kappa shape index (κ1) is 21.1. The fourth-order valence-corrected chi connectivity index (χ4v) is 5.01. The van der Waals surface area contributed by atoms with Gasteiger partial charge in [-0.05, 0) is 61.0 Å². The molecule has 1 aliphatic carbocycles. The topological polar surface area (TPSA) is 71.3 Å². The van der Waals surface area contributed by atoms with Gasteiger partial charge in [-0.3, -0.25) is 9.20 Å². The fraction of sp³-hybridized carbons (Fsp3) is 0.192. The molecule has 0 unspecified atom stereocenters. The van der Waals surface area contributed by atoms with Crippen LogP contribution < -0.4 is 10.6 Å². The van der Waals surface area contributed by atoms with Gasteiger partial charge in [0.05, 0.1) is 40.1 Å². The molecule has 0 radical (unpaired) electrons. The minimum atomic E-state index is -0.123. The minimum Gasteiger partial charge on any atom is -0.362 e. The zero-order chi connectivity index (χ0) is 23.2. The van der Waals surface area contributed by atoms with Crippen molar-refractivity contribution in [3.63, 3.8) is 0 Å². The molecule has 5 aromatic rings. The predicted octanol–water partition coefficient (Wildman–Crippen LogP) is 6.08. The maximum absolute atomic E-state index is 12.5. The molecule has 1 amide bonds. The standard InChI is InChI=1S/C26H22ClN5OS/c1-15-4-9-22-21(11-15)31-24(28-13-18-3-2-10-34-18)25-29-14-23(32(22)25)16-5-8-19(20(27)12-16)26(33)30-17-6-7-17/h2-5,8-12,14,17H,6-7,13H2,1H3,(H,28,31)(H,30,33). The Bertz CT molecular complexity index is 1540. The van der Waals surface area contributed by atoms with E-state index < -0.39 is 0 Å². The first-order valence-electron chi connectivity index (χ1n) is 11.2. The Kier molecular flexibility index (Phi) is 5.23. The summed E-state index contributed by atoms with van der Waals surface area (Å²) in [5.74, 6) is 0.603. The molecule has 1 saturated carbocycles. The van der Waals surface area contributed by atoms with Crippen LogP contribution in [0.4, 0.5) is 5.82 Å². The van der Waals surface area contributed by atoms with Crippen LogP contribution in [0.1, 0.15) is 33.6 Å². The lowest BCUT2D eigenvalue weighted by atomic mass is 10.1. The highest BCUT2D eigenvalue weighted by Crippen LogP contribution is 2.32. The number of nitrogens with one attached hydrogen (secondary N) is 2. The lowest BCUT2D eigenvalue weighted by Gasteiger charge is -2.12. The lowest BCUT2D eigenvalue weighted by molar-refractivity contribution is 0.0951. The minimum absolute atomic E-state index is 0.123. The Balaban J connectivity index is 1.45. The van der Waals surface area contributed by atoms with Crippen molar-refractivity contribution in [1.82, 2.24) is 19.7 Å². The number of hydrogen-bond acceptors (Lipinski definition) is 5. The number of hydrogen-bond donors (Lipinski definition) is 2. The molecule has 1 aliphatic rings. The van der Waals surface area contributed by atoms with Gasteiger partial charge in [0.2, 0.25) is 0 Å². The summed E-state index contributed by atoms with van der Waals surface area (Å²) < 4.78 is 2.11. The van der Waals surface area contributed by atoms with Gasteiger partial charge in [-0.2, -0.15) is 0 Å². The molecule has 0 aliphatic heterocycles. The van der Waals surface area contributed by atoms with E-state index >= 15 is 0 Å². The Labute approximate surface area is 205 Å². The van der Waals surface area contributed by atoms with Gasteiger partial charge in [-0.15, -0.1) is 11.3 Å². The molecule has 2 N–H and O–H groups in total. The number of carbonyl (C=O) groups is 1. The van der Waals surface area contributed by atoms with Gasteiger partial charge in [-0.1, -0.05) is 29.8 Å². The van der Waals surface area contributed by atoms with E-state index in [0.29, 0.717) is 17.1 Å². The van der Waals surface area contributed by atoms with E-state index in [0.717, 1.165) is 52.2 Å². The van der Waals surface area contributed by atoms with Crippen molar-refractivity contribution in [1.29, 1.82) is 0 Å². The van der Waals surface area contributed by atoms with Crippen molar-refractivity contribution in [3.8, 4) is 11.3 Å². The van der Waals surface area contributed by atoms with Gasteiger partial charge in [0.15, 0.2) is 11.5 Å². The molecule has 6 nitrogen and oxygen atoms in total. The number of benzene rings is 2. The number of anilines is 1. The average Bonchev–Trinajstić information content (AvgIpc) is 3.30. The third-order valence-corrected chi connectivity index (χ3v) is 7.20. The molecule has 0 bridgehead atoms. The predicted molar refractivity (Wildman–Crippen MR) is 138 cm³/mol. The number of carbonyl (C=O) groups excluding carboxylic acids is 1. The summed E-state index contributed by atoms with van der Waals surface area (Å²) in [6.45, 7) is 2.74. The van der Waals surface area contributed by atoms with Crippen molar-refractivity contribution in [2.45, 2.75) is 32.4 Å². The summed E-state index contributed by atoms with van der Waals surface area (Å²) in [7, 11) is 0. The van der Waals surface area contributed by atoms with Crippen LogP contribution in [0.25, 0.3) is 27.9 Å². The van der Waals surface area contributed by atoms with Gasteiger partial charge in [-0.25, -0.2) is 9.97 Å². The van der Waals surface area contributed by atoms with Crippen molar-refractivity contribution < 1.29 is 4.79 Å². The fourth-order valence-electron chi connectivity index (χ4n) is 4.10. The van der Waals surface area contributed by atoms with Crippen LogP contribution in [0.2, 0.25) is 5.02 Å². The summed E-state index contributed by atoms with van der Waals surface area (Å²) >= 11 is 8.26. The first-order chi connectivity index (χ1) is 16.6. The molecular weight excluding hydrogens is 466 g/mol. The second-order valence-corrected chi connectivity index (χ2v) is 10.1. The van der Waals surface area contributed by atoms with Crippen molar-refractivity contribution in [2.24, 2.45) is 0 Å². The number of aromatic nitrogens is 3. The van der Waals surface area contributed by atoms with E-state index in [4.69, 9.17) is 21.6 Å². The summed E-state index contributed by atoms with van der Waals surface area (Å²) in [4.78, 5) is 23.4. The number of fused-ring (bicyclic) bond motifs is 3. The summed E-state index contributed by atoms with van der Waals surface area (Å²) in [5, 5.41) is 8.96. The number of aryl methyl sites for hydroxylation is 1. The molecule has 3 heterocycles. The highest BCUT2D eigenvalue weighted by molar-refractivity contribution is 7.09. The van der Waals surface area contributed by atoms with Gasteiger partial charge in [0, 0.05) is 16.5 Å². The van der Waals surface area contributed by atoms with E-state index in [9.17, 15) is 4.79 Å². The Morgan fingerprint density at radius 2 is 2.09 bits per heavy atom. The van der Waals surface area contributed by atoms with Gasteiger partial charge < -0.3 is 10.6 Å². The van der Waals surface area contributed by atoms with Crippen LogP contribution in [-0.4, -0.2) is 26.3 Å². The van der Waals surface area contributed by atoms with E-state index in [1.165, 1.54) is 4.88 Å². The van der Waals surface area contributed by atoms with Crippen LogP contribution in [0.5, 0.6) is 0 Å². The van der Waals surface area contributed by atoms with Crippen LogP contribution in [0.15, 0.2) is 60.1 Å². The summed E-state index contributed by atoms with van der Waals surface area (Å²) in [6, 6.07) is 16.2. The zero-order valence-electron chi connectivity index (χ0n) is 18.5. The number of nitrogens with zero attached hydrogens (tertiary/aromatic N) is 3. The normalized spacial score (nSPS) is 13.5. The molecular formula is C26H22ClN5OS. The molecule has 1 fully saturated rings. The highest BCUT2D eigenvalue weighted by Gasteiger charge is 2.25. The van der Waals surface area contributed by atoms with Crippen LogP contribution in [-0.2, 0) is 6.54 Å². The molecule has 0 saturated heterocycles. The maximum Gasteiger partial charge on any atom is 0.253 e. The van der Waals surface area contributed by atoms with Crippen molar-refractivity contribution in [3.05, 3.63) is 81.1 Å². The van der Waals surface area contributed by atoms with Crippen molar-refractivity contribution >= 4 is 51.3 Å². The smallest absolute Gasteiger partial charge is 0.253 e. The largest absolute Gasteiger partial charge is 0.362 e. The lowest BCUT2D eigenvalue weighted by Crippen LogP contribution is -2.25. The van der Waals surface area contributed by atoms with E-state index in [2.05, 4.69) is 51.6 Å². The molecule has 0 spiro atoms. The monoisotopic (exact) mass is 487 g/mol. The number of halogens is 1. The van der Waals surface area contributed by atoms with E-state index in [-0.39, 0.29) is 11.9 Å². The number of amides is 1. The average molecular weight is 488 g/mol. The molecule has 3 aromatic heterocycles. The zero-order valence-corrected chi connectivity index (χ0v) is 20.1. The molecule has 6 rings (SSSR count). The summed E-state index contributed by atoms with van der Waals surface area (Å²) in [5.41, 5.74) is 5.99. The van der Waals surface area contributed by atoms with Gasteiger partial charge in [0.25, 0.3) is 5.91 Å². The Morgan fingerprint density at radius 3 is 2.85 bits per heavy atom. The second kappa shape index (κ2) is 8.42. The Hall–Kier alpha value is -3.42.